The summed E-state index contributed by atoms with van der Waals surface area (Å²) < 4.78 is 0. The van der Waals surface area contributed by atoms with Gasteiger partial charge in [0.25, 0.3) is 0 Å². The molecule has 0 aromatic carbocycles. The van der Waals surface area contributed by atoms with Crippen molar-refractivity contribution in [3.8, 4) is 0 Å². The van der Waals surface area contributed by atoms with Crippen molar-refractivity contribution >= 4 is 12.9 Å². The third-order valence-corrected chi connectivity index (χ3v) is 0. The van der Waals surface area contributed by atoms with Gasteiger partial charge < -0.3 is 19.8 Å². The molecule has 0 spiro atoms. The molecule has 0 bridgehead atoms. The van der Waals surface area contributed by atoms with Crippen molar-refractivity contribution in [1.82, 2.24) is 0 Å². The third kappa shape index (κ3) is 224. The first-order valence-corrected chi connectivity index (χ1v) is 0.855. The summed E-state index contributed by atoms with van der Waals surface area (Å²) in [6.07, 6.45) is 0. The molecular formula is C2H2MnO4. The van der Waals surface area contributed by atoms with Crippen molar-refractivity contribution in [3.05, 3.63) is 0 Å². The van der Waals surface area contributed by atoms with Crippen molar-refractivity contribution in [2.24, 2.45) is 0 Å². The molecule has 0 aromatic rings. The van der Waals surface area contributed by atoms with Crippen LogP contribution in [0.2, 0.25) is 0 Å². The summed E-state index contributed by atoms with van der Waals surface area (Å²) in [4.78, 5) is 16.5. The van der Waals surface area contributed by atoms with E-state index in [0.717, 1.165) is 0 Å². The fourth-order valence-corrected chi connectivity index (χ4v) is 0. The van der Waals surface area contributed by atoms with E-state index in [4.69, 9.17) is 19.8 Å². The predicted octanol–water partition coefficient (Wildman–Crippen LogP) is -0.779. The Balaban J connectivity index is -0.0000000400. The van der Waals surface area contributed by atoms with E-state index in [-0.39, 0.29) is 17.1 Å². The predicted molar refractivity (Wildman–Crippen MR) is 16.6 cm³/mol. The van der Waals surface area contributed by atoms with Gasteiger partial charge in [0.05, 0.1) is 0 Å². The first kappa shape index (κ1) is 16.1. The van der Waals surface area contributed by atoms with E-state index >= 15 is 0 Å². The molecule has 0 heterocycles. The summed E-state index contributed by atoms with van der Waals surface area (Å²) in [7, 11) is 0. The zero-order valence-electron chi connectivity index (χ0n) is 3.09. The van der Waals surface area contributed by atoms with E-state index in [1.165, 1.54) is 0 Å². The Hall–Kier alpha value is -0.541. The zero-order chi connectivity index (χ0) is 5.41. The maximum atomic E-state index is 8.24. The second-order valence-electron chi connectivity index (χ2n) is 0.183. The summed E-state index contributed by atoms with van der Waals surface area (Å²) in [5.74, 6) is 0. The molecule has 0 saturated carbocycles. The molecule has 0 amide bonds. The molecule has 0 aliphatic rings. The van der Waals surface area contributed by atoms with Gasteiger partial charge in [-0.15, -0.1) is 0 Å². The Bertz CT molecular complexity index is 30.7. The second-order valence-corrected chi connectivity index (χ2v) is 0.183. The first-order valence-electron chi connectivity index (χ1n) is 0.855. The summed E-state index contributed by atoms with van der Waals surface area (Å²) >= 11 is 0. The zero-order valence-corrected chi connectivity index (χ0v) is 4.27. The minimum Gasteiger partial charge on any atom is -0.665 e. The van der Waals surface area contributed by atoms with E-state index in [2.05, 4.69) is 0 Å². The molecule has 0 aliphatic carbocycles. The van der Waals surface area contributed by atoms with Crippen LogP contribution >= 0.6 is 0 Å². The van der Waals surface area contributed by atoms with Gasteiger partial charge in [0.15, 0.2) is 0 Å². The van der Waals surface area contributed by atoms with Gasteiger partial charge >= 0.3 is 17.1 Å². The van der Waals surface area contributed by atoms with Crippen LogP contribution in [0.1, 0.15) is 0 Å². The smallest absolute Gasteiger partial charge is 0.665 e. The summed E-state index contributed by atoms with van der Waals surface area (Å²) in [5, 5.41) is 13.5. The summed E-state index contributed by atoms with van der Waals surface area (Å²) in [6, 6.07) is 0. The van der Waals surface area contributed by atoms with Crippen LogP contribution < -0.4 is 0 Å². The van der Waals surface area contributed by atoms with Crippen LogP contribution in [-0.2, 0) is 26.7 Å². The molecule has 0 fully saturated rings. The topological polar surface area (TPSA) is 74.6 Å². The van der Waals surface area contributed by atoms with Crippen LogP contribution in [0.25, 0.3) is 0 Å². The van der Waals surface area contributed by atoms with E-state index in [1.807, 2.05) is 0 Å². The molecule has 0 saturated heterocycles. The normalized spacial score (nSPS) is 3.43. The second kappa shape index (κ2) is 51.0. The minimum absolute atomic E-state index is 0. The van der Waals surface area contributed by atoms with Gasteiger partial charge in [-0.25, -0.2) is 0 Å². The van der Waals surface area contributed by atoms with Gasteiger partial charge in [-0.05, 0) is 0 Å². The van der Waals surface area contributed by atoms with Crippen molar-refractivity contribution in [1.29, 1.82) is 0 Å². The van der Waals surface area contributed by atoms with E-state index in [1.54, 1.807) is 0 Å². The molecule has 5 heteroatoms. The molecule has 0 rings (SSSR count). The maximum absolute atomic E-state index is 8.24. The van der Waals surface area contributed by atoms with Crippen molar-refractivity contribution < 1.29 is 36.9 Å². The fourth-order valence-electron chi connectivity index (χ4n) is 0. The summed E-state index contributed by atoms with van der Waals surface area (Å²) in [6.45, 7) is 1.00. The van der Waals surface area contributed by atoms with Crippen LogP contribution in [0.4, 0.5) is 0 Å². The molecule has 4 nitrogen and oxygen atoms in total. The van der Waals surface area contributed by atoms with Crippen molar-refractivity contribution in [3.63, 3.8) is 0 Å². The van der Waals surface area contributed by atoms with Gasteiger partial charge in [-0.3, -0.25) is 0 Å². The molecule has 0 aromatic heterocycles. The van der Waals surface area contributed by atoms with Crippen LogP contribution in [-0.4, -0.2) is 23.2 Å². The average Bonchev–Trinajstić information content (AvgIpc) is 1.39. The quantitative estimate of drug-likeness (QED) is 0.346. The van der Waals surface area contributed by atoms with Crippen LogP contribution in [0.15, 0.2) is 0 Å². The summed E-state index contributed by atoms with van der Waals surface area (Å²) in [5.41, 5.74) is 0. The van der Waals surface area contributed by atoms with Crippen LogP contribution in [0, 0.1) is 0 Å². The molecule has 0 atom stereocenters. The maximum Gasteiger partial charge on any atom is 2.00 e. The number of rotatable bonds is 0. The fraction of sp³-hybridized carbons (Fsp3) is 0. The Labute approximate surface area is 50.6 Å². The third-order valence-electron chi connectivity index (χ3n) is 0. The minimum atomic E-state index is 0. The van der Waals surface area contributed by atoms with Gasteiger partial charge in [0.1, 0.15) is 0 Å². The number of hydrogen-bond acceptors (Lipinski definition) is 2. The van der Waals surface area contributed by atoms with Gasteiger partial charge in [0, 0.05) is 0 Å². The van der Waals surface area contributed by atoms with Gasteiger partial charge in [-0.2, -0.15) is 0 Å². The van der Waals surface area contributed by atoms with Gasteiger partial charge in [0.2, 0.25) is 0 Å². The SMILES string of the molecule is O=[C-]O.O=[C-]O.[Mn+2]. The van der Waals surface area contributed by atoms with E-state index < -0.39 is 0 Å². The molecular weight excluding hydrogens is 143 g/mol. The van der Waals surface area contributed by atoms with E-state index in [0.29, 0.717) is 12.9 Å². The monoisotopic (exact) mass is 145 g/mol. The van der Waals surface area contributed by atoms with Crippen LogP contribution in [0.3, 0.4) is 0 Å². The Kier molecular flexibility index (Phi) is 117. The molecule has 0 aliphatic heterocycles. The molecule has 0 unspecified atom stereocenters. The molecule has 7 heavy (non-hydrogen) atoms. The molecule has 2 N–H and O–H groups in total. The van der Waals surface area contributed by atoms with Crippen molar-refractivity contribution in [2.45, 2.75) is 0 Å². The Morgan fingerprint density at radius 2 is 1.00 bits per heavy atom. The van der Waals surface area contributed by atoms with E-state index in [9.17, 15) is 0 Å². The largest absolute Gasteiger partial charge is 2.00 e. The first-order chi connectivity index (χ1) is 2.83. The van der Waals surface area contributed by atoms with Crippen molar-refractivity contribution in [2.75, 3.05) is 0 Å². The van der Waals surface area contributed by atoms with Crippen LogP contribution in [0.5, 0.6) is 0 Å². The number of aliphatic hydroxyl groups excluding tert-OH is 2. The number of hydrogen-bond donors (Lipinski definition) is 2. The average molecular weight is 145 g/mol. The standard InChI is InChI=1S/2CHO2.Mn/c2*2-1-3;/h2*(H,2,3);/q2*-1;+2. The Morgan fingerprint density at radius 1 is 1.00 bits per heavy atom. The Morgan fingerprint density at radius 3 is 1.00 bits per heavy atom. The molecule has 1 radical (unpaired) electrons. The van der Waals surface area contributed by atoms with Gasteiger partial charge in [-0.1, -0.05) is 12.9 Å². The molecule has 41 valence electrons.